The fourth-order valence-corrected chi connectivity index (χ4v) is 3.99. The van der Waals surface area contributed by atoms with Crippen molar-refractivity contribution in [3.05, 3.63) is 0 Å². The van der Waals surface area contributed by atoms with Crippen molar-refractivity contribution in [2.45, 2.75) is 36.4 Å². The second-order valence-corrected chi connectivity index (χ2v) is 9.23. The van der Waals surface area contributed by atoms with Crippen molar-refractivity contribution in [2.75, 3.05) is 24.6 Å². The minimum atomic E-state index is 0.00108. The van der Waals surface area contributed by atoms with Gasteiger partial charge in [-0.2, -0.15) is 0 Å². The van der Waals surface area contributed by atoms with Crippen molar-refractivity contribution >= 4 is 46.7 Å². The molecular weight excluding hydrogens is 352 g/mol. The number of hydrogen-bond acceptors (Lipinski definition) is 7. The van der Waals surface area contributed by atoms with Gasteiger partial charge in [-0.05, 0) is 11.8 Å². The number of rotatable bonds is 10. The molecule has 9 heteroatoms. The van der Waals surface area contributed by atoms with E-state index in [1.807, 2.05) is 0 Å². The van der Waals surface area contributed by atoms with Gasteiger partial charge < -0.3 is 10.6 Å². The highest BCUT2D eigenvalue weighted by Crippen LogP contribution is 2.28. The lowest BCUT2D eigenvalue weighted by atomic mass is 10.2. The first-order valence-corrected chi connectivity index (χ1v) is 10.3. The van der Waals surface area contributed by atoms with Gasteiger partial charge in [0.15, 0.2) is 8.68 Å². The second kappa shape index (κ2) is 10.9. The first kappa shape index (κ1) is 20.2. The van der Waals surface area contributed by atoms with Gasteiger partial charge in [0.2, 0.25) is 11.8 Å². The van der Waals surface area contributed by atoms with Crippen molar-refractivity contribution in [1.29, 1.82) is 0 Å². The smallest absolute Gasteiger partial charge is 0.230 e. The third-order valence-electron chi connectivity index (χ3n) is 2.46. The van der Waals surface area contributed by atoms with E-state index in [9.17, 15) is 9.59 Å². The van der Waals surface area contributed by atoms with Crippen LogP contribution in [0, 0.1) is 11.8 Å². The van der Waals surface area contributed by atoms with Gasteiger partial charge >= 0.3 is 0 Å². The van der Waals surface area contributed by atoms with Crippen LogP contribution in [0.5, 0.6) is 0 Å². The summed E-state index contributed by atoms with van der Waals surface area (Å²) in [7, 11) is 0. The molecule has 1 aromatic heterocycles. The molecule has 0 spiro atoms. The number of carbonyl (C=O) groups excluding carboxylic acids is 2. The van der Waals surface area contributed by atoms with Crippen LogP contribution in [0.3, 0.4) is 0 Å². The third kappa shape index (κ3) is 9.83. The summed E-state index contributed by atoms with van der Waals surface area (Å²) in [4.78, 5) is 23.3. The monoisotopic (exact) mass is 376 g/mol. The number of nitrogens with one attached hydrogen (secondary N) is 2. The normalized spacial score (nSPS) is 11.0. The molecule has 0 aliphatic rings. The first-order chi connectivity index (χ1) is 10.9. The lowest BCUT2D eigenvalue weighted by molar-refractivity contribution is -0.119. The molecule has 0 unspecified atom stereocenters. The zero-order valence-electron chi connectivity index (χ0n) is 13.9. The molecule has 1 rings (SSSR count). The maximum atomic E-state index is 11.6. The minimum Gasteiger partial charge on any atom is -0.355 e. The van der Waals surface area contributed by atoms with Crippen LogP contribution in [-0.2, 0) is 9.59 Å². The van der Waals surface area contributed by atoms with E-state index in [4.69, 9.17) is 0 Å². The summed E-state index contributed by atoms with van der Waals surface area (Å²) >= 11 is 4.15. The Bertz CT molecular complexity index is 463. The van der Waals surface area contributed by atoms with Gasteiger partial charge in [0.25, 0.3) is 0 Å². The van der Waals surface area contributed by atoms with Crippen LogP contribution in [0.4, 0.5) is 0 Å². The Labute approximate surface area is 150 Å². The molecule has 1 aromatic rings. The van der Waals surface area contributed by atoms with Gasteiger partial charge in [-0.3, -0.25) is 9.59 Å². The molecule has 0 aliphatic heterocycles. The van der Waals surface area contributed by atoms with E-state index in [1.165, 1.54) is 34.9 Å². The van der Waals surface area contributed by atoms with Crippen LogP contribution >= 0.6 is 34.9 Å². The van der Waals surface area contributed by atoms with Crippen molar-refractivity contribution in [1.82, 2.24) is 20.8 Å². The average molecular weight is 377 g/mol. The van der Waals surface area contributed by atoms with Crippen LogP contribution < -0.4 is 10.6 Å². The minimum absolute atomic E-state index is 0.00108. The Kier molecular flexibility index (Phi) is 9.57. The van der Waals surface area contributed by atoms with Crippen molar-refractivity contribution in [3.63, 3.8) is 0 Å². The summed E-state index contributed by atoms with van der Waals surface area (Å²) in [5.74, 6) is 1.55. The van der Waals surface area contributed by atoms with Crippen LogP contribution in [0.2, 0.25) is 0 Å². The zero-order chi connectivity index (χ0) is 17.2. The van der Waals surface area contributed by atoms with E-state index in [2.05, 4.69) is 48.5 Å². The molecule has 0 fully saturated rings. The summed E-state index contributed by atoms with van der Waals surface area (Å²) in [5.41, 5.74) is 0. The van der Waals surface area contributed by atoms with Gasteiger partial charge in [-0.25, -0.2) is 0 Å². The Hall–Kier alpha value is -0.800. The van der Waals surface area contributed by atoms with Crippen LogP contribution in [0.15, 0.2) is 8.68 Å². The summed E-state index contributed by atoms with van der Waals surface area (Å²) in [6, 6.07) is 0. The lowest BCUT2D eigenvalue weighted by Gasteiger charge is -2.06. The molecule has 0 atom stereocenters. The van der Waals surface area contributed by atoms with Gasteiger partial charge in [0, 0.05) is 13.1 Å². The molecule has 0 radical (unpaired) electrons. The maximum absolute atomic E-state index is 11.6. The molecule has 6 nitrogen and oxygen atoms in total. The molecule has 0 aromatic carbocycles. The maximum Gasteiger partial charge on any atom is 0.230 e. The molecular formula is C14H24N4O2S3. The first-order valence-electron chi connectivity index (χ1n) is 7.49. The van der Waals surface area contributed by atoms with Crippen molar-refractivity contribution in [2.24, 2.45) is 11.8 Å². The van der Waals surface area contributed by atoms with E-state index in [0.29, 0.717) is 36.4 Å². The zero-order valence-corrected chi connectivity index (χ0v) is 16.4. The van der Waals surface area contributed by atoms with Gasteiger partial charge in [-0.1, -0.05) is 62.6 Å². The number of carbonyl (C=O) groups is 2. The largest absolute Gasteiger partial charge is 0.355 e. The molecule has 0 saturated carbocycles. The SMILES string of the molecule is CC(C)CNC(=O)CSc1nnc(SCC(=O)NCC(C)C)s1. The quantitative estimate of drug-likeness (QED) is 0.610. The second-order valence-electron chi connectivity index (χ2n) is 5.81. The number of thioether (sulfide) groups is 2. The predicted octanol–water partition coefficient (Wildman–Crippen LogP) is 2.27. The van der Waals surface area contributed by atoms with E-state index in [0.717, 1.165) is 8.68 Å². The summed E-state index contributed by atoms with van der Waals surface area (Å²) in [5, 5.41) is 13.8. The van der Waals surface area contributed by atoms with Gasteiger partial charge in [0.1, 0.15) is 0 Å². The summed E-state index contributed by atoms with van der Waals surface area (Å²) in [6.45, 7) is 9.58. The van der Waals surface area contributed by atoms with E-state index in [-0.39, 0.29) is 11.8 Å². The topological polar surface area (TPSA) is 84.0 Å². The van der Waals surface area contributed by atoms with Crippen LogP contribution in [0.25, 0.3) is 0 Å². The number of hydrogen-bond donors (Lipinski definition) is 2. The Morgan fingerprint density at radius 1 is 0.913 bits per heavy atom. The molecule has 2 amide bonds. The Morgan fingerprint density at radius 3 is 1.65 bits per heavy atom. The highest BCUT2D eigenvalue weighted by molar-refractivity contribution is 8.03. The fourth-order valence-electron chi connectivity index (χ4n) is 1.31. The standard InChI is InChI=1S/C14H24N4O2S3/c1-9(2)5-15-11(19)7-21-13-17-18-14(23-13)22-8-12(20)16-6-10(3)4/h9-10H,5-8H2,1-4H3,(H,15,19)(H,16,20). The molecule has 23 heavy (non-hydrogen) atoms. The van der Waals surface area contributed by atoms with E-state index >= 15 is 0 Å². The third-order valence-corrected chi connectivity index (χ3v) is 5.65. The highest BCUT2D eigenvalue weighted by Gasteiger charge is 2.10. The molecule has 0 bridgehead atoms. The Morgan fingerprint density at radius 2 is 1.30 bits per heavy atom. The average Bonchev–Trinajstić information content (AvgIpc) is 2.94. The van der Waals surface area contributed by atoms with Crippen LogP contribution in [0.1, 0.15) is 27.7 Å². The predicted molar refractivity (Wildman–Crippen MR) is 97.1 cm³/mol. The molecule has 0 saturated heterocycles. The number of nitrogens with zero attached hydrogens (tertiary/aromatic N) is 2. The van der Waals surface area contributed by atoms with Crippen molar-refractivity contribution in [3.8, 4) is 0 Å². The van der Waals surface area contributed by atoms with E-state index < -0.39 is 0 Å². The molecule has 0 aliphatic carbocycles. The lowest BCUT2D eigenvalue weighted by Crippen LogP contribution is -2.28. The number of amides is 2. The van der Waals surface area contributed by atoms with Crippen molar-refractivity contribution < 1.29 is 9.59 Å². The van der Waals surface area contributed by atoms with Gasteiger partial charge in [-0.15, -0.1) is 10.2 Å². The summed E-state index contributed by atoms with van der Waals surface area (Å²) < 4.78 is 1.49. The van der Waals surface area contributed by atoms with Crippen LogP contribution in [-0.4, -0.2) is 46.6 Å². The van der Waals surface area contributed by atoms with Gasteiger partial charge in [0.05, 0.1) is 11.5 Å². The fraction of sp³-hybridized carbons (Fsp3) is 0.714. The highest BCUT2D eigenvalue weighted by atomic mass is 32.2. The molecule has 1 heterocycles. The molecule has 2 N–H and O–H groups in total. The number of aromatic nitrogens is 2. The molecule has 130 valence electrons. The summed E-state index contributed by atoms with van der Waals surface area (Å²) in [6.07, 6.45) is 0. The Balaban J connectivity index is 2.26. The van der Waals surface area contributed by atoms with E-state index in [1.54, 1.807) is 0 Å².